The van der Waals surface area contributed by atoms with E-state index in [-0.39, 0.29) is 11.9 Å². The Bertz CT molecular complexity index is 433. The first-order valence-electron chi connectivity index (χ1n) is 7.24. The third kappa shape index (κ3) is 3.15. The van der Waals surface area contributed by atoms with Gasteiger partial charge in [-0.05, 0) is 63.3 Å². The van der Waals surface area contributed by atoms with Gasteiger partial charge in [-0.15, -0.1) is 0 Å². The molecule has 1 saturated heterocycles. The molecule has 0 bridgehead atoms. The Morgan fingerprint density at radius 2 is 2.16 bits per heavy atom. The standard InChI is InChI=1S/C16H25FN2/c1-11-4-7-15(8-16(11)17)13(3)19-10-14(9-18)6-5-12(19)2/h4,7-8,12-14H,5-6,9-10,18H2,1-3H3. The molecule has 1 fully saturated rings. The Morgan fingerprint density at radius 3 is 2.79 bits per heavy atom. The number of benzene rings is 1. The molecule has 3 atom stereocenters. The van der Waals surface area contributed by atoms with Crippen LogP contribution in [0.2, 0.25) is 0 Å². The smallest absolute Gasteiger partial charge is 0.126 e. The normalized spacial score (nSPS) is 26.4. The molecule has 1 aromatic rings. The number of nitrogens with two attached hydrogens (primary N) is 1. The van der Waals surface area contributed by atoms with Gasteiger partial charge in [-0.25, -0.2) is 4.39 Å². The quantitative estimate of drug-likeness (QED) is 0.908. The van der Waals surface area contributed by atoms with Crippen molar-refractivity contribution in [1.82, 2.24) is 4.90 Å². The predicted octanol–water partition coefficient (Wildman–Crippen LogP) is 3.25. The molecule has 2 nitrogen and oxygen atoms in total. The third-order valence-electron chi connectivity index (χ3n) is 4.54. The van der Waals surface area contributed by atoms with Gasteiger partial charge in [-0.3, -0.25) is 4.90 Å². The van der Waals surface area contributed by atoms with Gasteiger partial charge in [0, 0.05) is 18.6 Å². The second-order valence-corrected chi connectivity index (χ2v) is 5.91. The van der Waals surface area contributed by atoms with Gasteiger partial charge in [0.25, 0.3) is 0 Å². The Kier molecular flexibility index (Phi) is 4.58. The Hall–Kier alpha value is -0.930. The molecule has 1 heterocycles. The van der Waals surface area contributed by atoms with Crippen molar-refractivity contribution < 1.29 is 4.39 Å². The first-order valence-corrected chi connectivity index (χ1v) is 7.24. The number of halogens is 1. The summed E-state index contributed by atoms with van der Waals surface area (Å²) in [5.74, 6) is 0.471. The van der Waals surface area contributed by atoms with Crippen LogP contribution >= 0.6 is 0 Å². The summed E-state index contributed by atoms with van der Waals surface area (Å²) in [6.07, 6.45) is 2.39. The van der Waals surface area contributed by atoms with Crippen LogP contribution in [-0.4, -0.2) is 24.0 Å². The first-order chi connectivity index (χ1) is 9.02. The van der Waals surface area contributed by atoms with E-state index < -0.39 is 0 Å². The zero-order valence-electron chi connectivity index (χ0n) is 12.2. The maximum atomic E-state index is 13.7. The van der Waals surface area contributed by atoms with Crippen LogP contribution in [0.1, 0.15) is 43.9 Å². The fourth-order valence-corrected chi connectivity index (χ4v) is 3.00. The van der Waals surface area contributed by atoms with Crippen LogP contribution in [-0.2, 0) is 0 Å². The van der Waals surface area contributed by atoms with Gasteiger partial charge in [0.05, 0.1) is 0 Å². The molecule has 3 heteroatoms. The molecule has 0 aromatic heterocycles. The van der Waals surface area contributed by atoms with E-state index in [1.165, 1.54) is 12.8 Å². The van der Waals surface area contributed by atoms with Crippen molar-refractivity contribution in [3.8, 4) is 0 Å². The highest BCUT2D eigenvalue weighted by molar-refractivity contribution is 5.25. The molecule has 1 aliphatic heterocycles. The Balaban J connectivity index is 2.16. The lowest BCUT2D eigenvalue weighted by Crippen LogP contribution is -2.45. The summed E-state index contributed by atoms with van der Waals surface area (Å²) in [6.45, 7) is 8.00. The number of likely N-dealkylation sites (tertiary alicyclic amines) is 1. The molecule has 19 heavy (non-hydrogen) atoms. The van der Waals surface area contributed by atoms with Crippen LogP contribution in [0.25, 0.3) is 0 Å². The highest BCUT2D eigenvalue weighted by atomic mass is 19.1. The van der Waals surface area contributed by atoms with E-state index in [9.17, 15) is 4.39 Å². The minimum absolute atomic E-state index is 0.107. The molecule has 106 valence electrons. The molecule has 2 rings (SSSR count). The summed E-state index contributed by atoms with van der Waals surface area (Å²) < 4.78 is 13.7. The molecule has 1 aliphatic rings. The average molecular weight is 264 g/mol. The van der Waals surface area contributed by atoms with Crippen LogP contribution in [0.3, 0.4) is 0 Å². The fraction of sp³-hybridized carbons (Fsp3) is 0.625. The van der Waals surface area contributed by atoms with Crippen LogP contribution in [0.4, 0.5) is 4.39 Å². The molecular formula is C16H25FN2. The lowest BCUT2D eigenvalue weighted by Gasteiger charge is -2.41. The van der Waals surface area contributed by atoms with Crippen molar-refractivity contribution in [1.29, 1.82) is 0 Å². The molecule has 0 spiro atoms. The number of hydrogen-bond donors (Lipinski definition) is 1. The lowest BCUT2D eigenvalue weighted by molar-refractivity contribution is 0.0811. The fourth-order valence-electron chi connectivity index (χ4n) is 3.00. The monoisotopic (exact) mass is 264 g/mol. The third-order valence-corrected chi connectivity index (χ3v) is 4.54. The van der Waals surface area contributed by atoms with Crippen molar-refractivity contribution in [3.63, 3.8) is 0 Å². The maximum Gasteiger partial charge on any atom is 0.126 e. The first kappa shape index (κ1) is 14.5. The van der Waals surface area contributed by atoms with E-state index in [0.29, 0.717) is 17.5 Å². The zero-order chi connectivity index (χ0) is 14.0. The summed E-state index contributed by atoms with van der Waals surface area (Å²) in [5, 5.41) is 0. The molecule has 0 saturated carbocycles. The number of piperidine rings is 1. The van der Waals surface area contributed by atoms with Gasteiger partial charge in [0.2, 0.25) is 0 Å². The van der Waals surface area contributed by atoms with Crippen LogP contribution in [0.5, 0.6) is 0 Å². The maximum absolute atomic E-state index is 13.7. The molecule has 1 aromatic carbocycles. The number of rotatable bonds is 3. The van der Waals surface area contributed by atoms with Gasteiger partial charge >= 0.3 is 0 Å². The summed E-state index contributed by atoms with van der Waals surface area (Å²) in [7, 11) is 0. The number of hydrogen-bond acceptors (Lipinski definition) is 2. The van der Waals surface area contributed by atoms with E-state index in [1.54, 1.807) is 13.0 Å². The molecule has 0 radical (unpaired) electrons. The SMILES string of the molecule is Cc1ccc(C(C)N2CC(CN)CCC2C)cc1F. The van der Waals surface area contributed by atoms with E-state index >= 15 is 0 Å². The molecule has 3 unspecified atom stereocenters. The van der Waals surface area contributed by atoms with Crippen molar-refractivity contribution in [2.45, 2.75) is 45.7 Å². The molecule has 2 N–H and O–H groups in total. The van der Waals surface area contributed by atoms with Crippen molar-refractivity contribution >= 4 is 0 Å². The lowest BCUT2D eigenvalue weighted by atomic mass is 9.91. The van der Waals surface area contributed by atoms with Crippen LogP contribution in [0, 0.1) is 18.7 Å². The van der Waals surface area contributed by atoms with Crippen molar-refractivity contribution in [3.05, 3.63) is 35.1 Å². The largest absolute Gasteiger partial charge is 0.330 e. The molecule has 0 amide bonds. The highest BCUT2D eigenvalue weighted by Gasteiger charge is 2.28. The summed E-state index contributed by atoms with van der Waals surface area (Å²) in [5.41, 5.74) is 7.58. The average Bonchev–Trinajstić information content (AvgIpc) is 2.41. The van der Waals surface area contributed by atoms with Gasteiger partial charge in [0.1, 0.15) is 5.82 Å². The number of aryl methyl sites for hydroxylation is 1. The van der Waals surface area contributed by atoms with E-state index in [0.717, 1.165) is 18.7 Å². The van der Waals surface area contributed by atoms with Gasteiger partial charge in [-0.1, -0.05) is 12.1 Å². The highest BCUT2D eigenvalue weighted by Crippen LogP contribution is 2.30. The second-order valence-electron chi connectivity index (χ2n) is 5.91. The Morgan fingerprint density at radius 1 is 1.42 bits per heavy atom. The molecular weight excluding hydrogens is 239 g/mol. The minimum atomic E-state index is -0.107. The zero-order valence-corrected chi connectivity index (χ0v) is 12.2. The van der Waals surface area contributed by atoms with Crippen molar-refractivity contribution in [2.24, 2.45) is 11.7 Å². The van der Waals surface area contributed by atoms with E-state index in [1.807, 2.05) is 12.1 Å². The predicted molar refractivity (Wildman–Crippen MR) is 77.5 cm³/mol. The van der Waals surface area contributed by atoms with Crippen molar-refractivity contribution in [2.75, 3.05) is 13.1 Å². The summed E-state index contributed by atoms with van der Waals surface area (Å²) >= 11 is 0. The molecule has 0 aliphatic carbocycles. The van der Waals surface area contributed by atoms with Gasteiger partial charge in [-0.2, -0.15) is 0 Å². The Labute approximate surface area is 115 Å². The van der Waals surface area contributed by atoms with E-state index in [2.05, 4.69) is 18.7 Å². The minimum Gasteiger partial charge on any atom is -0.330 e. The van der Waals surface area contributed by atoms with Crippen LogP contribution in [0.15, 0.2) is 18.2 Å². The summed E-state index contributed by atoms with van der Waals surface area (Å²) in [4.78, 5) is 2.46. The van der Waals surface area contributed by atoms with E-state index in [4.69, 9.17) is 5.73 Å². The van der Waals surface area contributed by atoms with Gasteiger partial charge in [0.15, 0.2) is 0 Å². The van der Waals surface area contributed by atoms with Gasteiger partial charge < -0.3 is 5.73 Å². The van der Waals surface area contributed by atoms with Crippen LogP contribution < -0.4 is 5.73 Å². The number of nitrogens with zero attached hydrogens (tertiary/aromatic N) is 1. The topological polar surface area (TPSA) is 29.3 Å². The summed E-state index contributed by atoms with van der Waals surface area (Å²) in [6, 6.07) is 6.39. The second kappa shape index (κ2) is 6.02.